The quantitative estimate of drug-likeness (QED) is 0.0196. The van der Waals surface area contributed by atoms with Crippen LogP contribution in [0.5, 0.6) is 0 Å². The summed E-state index contributed by atoms with van der Waals surface area (Å²) in [4.78, 5) is 49.2. The Kier molecular flexibility index (Phi) is 27.1. The van der Waals surface area contributed by atoms with Crippen molar-refractivity contribution in [3.8, 4) is 0 Å². The zero-order chi connectivity index (χ0) is 68.7. The van der Waals surface area contributed by atoms with Gasteiger partial charge in [-0.3, -0.25) is 9.59 Å². The number of aliphatic hydroxyl groups excluding tert-OH is 16. The van der Waals surface area contributed by atoms with Gasteiger partial charge in [0.15, 0.2) is 25.2 Å². The number of carbonyl (C=O) groups excluding carboxylic acids is 3. The number of aliphatic carboxylic acids is 1. The molecule has 4 aliphatic carbocycles. The Morgan fingerprint density at radius 1 is 0.442 bits per heavy atom. The first-order valence-electron chi connectivity index (χ1n) is 32.5. The van der Waals surface area contributed by atoms with E-state index in [1.807, 2.05) is 0 Å². The fraction of sp³-hybridized carbons (Fsp3) is 0.869. The van der Waals surface area contributed by atoms with Gasteiger partial charge in [-0.05, 0) is 94.8 Å². The van der Waals surface area contributed by atoms with E-state index in [4.69, 9.17) is 66.7 Å². The molecule has 17 N–H and O–H groups in total. The highest BCUT2D eigenvalue weighted by Gasteiger charge is 2.57. The lowest BCUT2D eigenvalue weighted by molar-refractivity contribution is -0.380. The molecule has 32 atom stereocenters. The molecule has 5 aliphatic heterocycles. The van der Waals surface area contributed by atoms with E-state index < -0.39 is 246 Å². The molecule has 34 nitrogen and oxygen atoms in total. The SMILES string of the molecule is COC1CC(C=CC(=O)OC[C@H]2O[C@@H](OC3CCC(C=CC(=O)OC[C@H]4O[C@@H](OC5CC6C(CC(O)CC6O[C@@H]6O[C@H](COC(=O)CC(=O)O)[C@@H](O)[C@H](O)[C@H]6O)OC5C5CCC(O)C(O)C5)[C@H](O[C@@H]5O[C@H](CO)[C@@H](O)[C@H](O)[C@H]5O)[C@@H](O)[C@@H]4O)CC3)[C@H](O)[C@@H](O)[C@@H]2O)CCC1O. The predicted molar refractivity (Wildman–Crippen MR) is 308 cm³/mol. The minimum Gasteiger partial charge on any atom is -0.481 e. The number of hydrogen-bond acceptors (Lipinski definition) is 33. The molecule has 12 unspecified atom stereocenters. The van der Waals surface area contributed by atoms with E-state index in [1.165, 1.54) is 13.2 Å². The highest BCUT2D eigenvalue weighted by Crippen LogP contribution is 2.46. The Labute approximate surface area is 545 Å². The molecule has 9 aliphatic rings. The van der Waals surface area contributed by atoms with Crippen molar-refractivity contribution in [2.75, 3.05) is 33.5 Å². The summed E-state index contributed by atoms with van der Waals surface area (Å²) in [6.07, 6.45) is -36.8. The Balaban J connectivity index is 0.852. The summed E-state index contributed by atoms with van der Waals surface area (Å²) in [5.74, 6) is -6.03. The van der Waals surface area contributed by atoms with Crippen LogP contribution in [0.1, 0.15) is 89.9 Å². The van der Waals surface area contributed by atoms with E-state index in [0.717, 1.165) is 6.08 Å². The number of fused-ring (bicyclic) bond motifs is 1. The molecule has 0 aromatic heterocycles. The van der Waals surface area contributed by atoms with E-state index in [2.05, 4.69) is 0 Å². The highest BCUT2D eigenvalue weighted by atomic mass is 16.8. The molecule has 0 spiro atoms. The molecule has 5 saturated heterocycles. The third kappa shape index (κ3) is 18.9. The van der Waals surface area contributed by atoms with E-state index in [9.17, 15) is 101 Å². The van der Waals surface area contributed by atoms with Crippen molar-refractivity contribution in [3.05, 3.63) is 24.3 Å². The largest absolute Gasteiger partial charge is 0.481 e. The molecule has 9 fully saturated rings. The van der Waals surface area contributed by atoms with Crippen molar-refractivity contribution in [3.63, 3.8) is 0 Å². The minimum absolute atomic E-state index is 0.00202. The standard InChI is InChI=1S/C61H94O34/c1-83-35-14-25(4-10-31(35)65)6-13-43(70)84-21-38-46(73)50(77)53(80)58(92-38)87-28-8-2-24(3-9-28)5-12-42(69)85-22-40-48(75)52(79)57(95-60-55(82)49(76)45(72)37(20-62)91-60)61(94-40)90-36-18-29-33(88-56(36)26-7-11-30(64)32(66)15-26)16-27(63)17-34(29)89-59-54(81)51(78)47(74)39(93-59)23-86-44(71)19-41(67)68/h5-6,12-13,24-40,45-66,72-82H,2-4,7-11,14-23H2,1H3,(H,67,68)/t24?,25?,26?,27?,28?,29?,30?,31?,32?,33?,34?,35?,36?,37-,38-,39-,40-,45-,46-,47-,48-,49+,50+,51+,52+,53-,54-,55-,56?,57-,58-,59-,60+,61-/m1/s1. The average molecular weight is 1370 g/mol. The number of allylic oxidation sites excluding steroid dienone is 2. The summed E-state index contributed by atoms with van der Waals surface area (Å²) in [5.41, 5.74) is 0. The number of aliphatic hydroxyl groups is 16. The maximum atomic E-state index is 13.4. The number of carboxylic acid groups (broad SMARTS) is 1. The fourth-order valence-corrected chi connectivity index (χ4v) is 14.2. The van der Waals surface area contributed by atoms with Crippen molar-refractivity contribution in [1.29, 1.82) is 0 Å². The van der Waals surface area contributed by atoms with Gasteiger partial charge < -0.3 is 148 Å². The van der Waals surface area contributed by atoms with Gasteiger partial charge in [0, 0.05) is 31.6 Å². The maximum absolute atomic E-state index is 13.4. The van der Waals surface area contributed by atoms with Gasteiger partial charge in [-0.1, -0.05) is 12.2 Å². The lowest BCUT2D eigenvalue weighted by Crippen LogP contribution is -2.66. The van der Waals surface area contributed by atoms with E-state index in [0.29, 0.717) is 44.9 Å². The van der Waals surface area contributed by atoms with Gasteiger partial charge >= 0.3 is 23.9 Å². The average Bonchev–Trinajstić information content (AvgIpc) is 0.807. The van der Waals surface area contributed by atoms with Crippen LogP contribution in [0.2, 0.25) is 0 Å². The predicted octanol–water partition coefficient (Wildman–Crippen LogP) is -6.58. The maximum Gasteiger partial charge on any atom is 0.330 e. The molecule has 0 radical (unpaired) electrons. The van der Waals surface area contributed by atoms with Crippen LogP contribution < -0.4 is 0 Å². The summed E-state index contributed by atoms with van der Waals surface area (Å²) in [5, 5.41) is 183. The summed E-state index contributed by atoms with van der Waals surface area (Å²) < 4.78 is 76.5. The third-order valence-electron chi connectivity index (χ3n) is 19.8. The third-order valence-corrected chi connectivity index (χ3v) is 19.8. The lowest BCUT2D eigenvalue weighted by Gasteiger charge is -2.53. The minimum atomic E-state index is -2.07. The van der Waals surface area contributed by atoms with Gasteiger partial charge in [-0.25, -0.2) is 9.59 Å². The van der Waals surface area contributed by atoms with E-state index in [-0.39, 0.29) is 56.5 Å². The first-order valence-corrected chi connectivity index (χ1v) is 32.5. The number of methoxy groups -OCH3 is 1. The van der Waals surface area contributed by atoms with Crippen LogP contribution in [0.25, 0.3) is 0 Å². The molecule has 4 saturated carbocycles. The highest BCUT2D eigenvalue weighted by molar-refractivity contribution is 5.90. The number of esters is 3. The van der Waals surface area contributed by atoms with Crippen molar-refractivity contribution in [2.24, 2.45) is 23.7 Å². The van der Waals surface area contributed by atoms with Crippen LogP contribution in [0.3, 0.4) is 0 Å². The lowest BCUT2D eigenvalue weighted by atomic mass is 9.72. The summed E-state index contributed by atoms with van der Waals surface area (Å²) in [7, 11) is 1.50. The van der Waals surface area contributed by atoms with Crippen molar-refractivity contribution in [2.45, 2.75) is 274 Å². The normalized spacial score (nSPS) is 46.8. The number of ether oxygens (including phenoxy) is 13. The van der Waals surface area contributed by atoms with Crippen LogP contribution in [0.15, 0.2) is 24.3 Å². The van der Waals surface area contributed by atoms with E-state index in [1.54, 1.807) is 12.2 Å². The smallest absolute Gasteiger partial charge is 0.330 e. The van der Waals surface area contributed by atoms with Crippen LogP contribution >= 0.6 is 0 Å². The number of carbonyl (C=O) groups is 4. The Morgan fingerprint density at radius 2 is 0.947 bits per heavy atom. The monoisotopic (exact) mass is 1370 g/mol. The van der Waals surface area contributed by atoms with Crippen LogP contribution in [0, 0.1) is 23.7 Å². The molecule has 9 rings (SSSR count). The first kappa shape index (κ1) is 75.5. The van der Waals surface area contributed by atoms with Gasteiger partial charge in [0.25, 0.3) is 0 Å². The second-order valence-corrected chi connectivity index (χ2v) is 26.4. The summed E-state index contributed by atoms with van der Waals surface area (Å²) in [6.45, 7) is -2.87. The molecule has 0 amide bonds. The van der Waals surface area contributed by atoms with E-state index >= 15 is 0 Å². The fourth-order valence-electron chi connectivity index (χ4n) is 14.2. The van der Waals surface area contributed by atoms with Gasteiger partial charge in [-0.15, -0.1) is 0 Å². The van der Waals surface area contributed by atoms with Crippen LogP contribution in [-0.4, -0.2) is 328 Å². The Morgan fingerprint density at radius 3 is 1.53 bits per heavy atom. The molecule has 542 valence electrons. The van der Waals surface area contributed by atoms with Gasteiger partial charge in [-0.2, -0.15) is 0 Å². The van der Waals surface area contributed by atoms with Gasteiger partial charge in [0.05, 0.1) is 67.6 Å². The first-order chi connectivity index (χ1) is 45.2. The molecular weight excluding hydrogens is 1280 g/mol. The number of carboxylic acids is 1. The second kappa shape index (κ2) is 34.1. The molecule has 5 heterocycles. The summed E-state index contributed by atoms with van der Waals surface area (Å²) >= 11 is 0. The Bertz CT molecular complexity index is 2520. The topological polar surface area (TPSA) is 532 Å². The van der Waals surface area contributed by atoms with Crippen LogP contribution in [0.4, 0.5) is 0 Å². The molecule has 0 aromatic carbocycles. The van der Waals surface area contributed by atoms with Crippen LogP contribution in [-0.2, 0) is 80.8 Å². The molecule has 0 aromatic rings. The zero-order valence-corrected chi connectivity index (χ0v) is 52.2. The zero-order valence-electron chi connectivity index (χ0n) is 52.2. The van der Waals surface area contributed by atoms with Gasteiger partial charge in [0.1, 0.15) is 124 Å². The number of rotatable bonds is 23. The molecule has 34 heteroatoms. The summed E-state index contributed by atoms with van der Waals surface area (Å²) in [6, 6.07) is 0. The Hall–Kier alpha value is -3.68. The second-order valence-electron chi connectivity index (χ2n) is 26.4. The number of hydrogen-bond donors (Lipinski definition) is 17. The molecule has 0 bridgehead atoms. The van der Waals surface area contributed by atoms with Crippen molar-refractivity contribution in [1.82, 2.24) is 0 Å². The molecule has 95 heavy (non-hydrogen) atoms. The van der Waals surface area contributed by atoms with Crippen molar-refractivity contribution < 1.29 is 168 Å². The van der Waals surface area contributed by atoms with Crippen molar-refractivity contribution >= 4 is 23.9 Å². The van der Waals surface area contributed by atoms with Gasteiger partial charge in [0.2, 0.25) is 0 Å². The molecular formula is C61H94O34.